The Morgan fingerprint density at radius 3 is 2.85 bits per heavy atom. The van der Waals surface area contributed by atoms with Gasteiger partial charge in [0.2, 0.25) is 0 Å². The number of benzene rings is 1. The molecule has 0 aliphatic heterocycles. The lowest BCUT2D eigenvalue weighted by Gasteiger charge is -2.11. The Kier molecular flexibility index (Phi) is 7.79. The van der Waals surface area contributed by atoms with Crippen molar-refractivity contribution in [3.8, 4) is 5.75 Å². The molecule has 2 aromatic rings. The number of aromatic nitrogens is 1. The van der Waals surface area contributed by atoms with E-state index in [9.17, 15) is 9.18 Å². The number of nitrogens with zero attached hydrogens (tertiary/aromatic N) is 1. The van der Waals surface area contributed by atoms with Crippen molar-refractivity contribution < 1.29 is 13.9 Å². The summed E-state index contributed by atoms with van der Waals surface area (Å²) in [6.45, 7) is 4.26. The number of nitrogens with two attached hydrogens (primary N) is 1. The molecule has 0 radical (unpaired) electrons. The normalized spacial score (nSPS) is 10.9. The average molecular weight is 371 g/mol. The zero-order chi connectivity index (χ0) is 19.6. The maximum Gasteiger partial charge on any atom is 0.255 e. The Morgan fingerprint density at radius 1 is 1.30 bits per heavy atom. The van der Waals surface area contributed by atoms with Crippen LogP contribution in [0.25, 0.3) is 0 Å². The zero-order valence-electron chi connectivity index (χ0n) is 15.8. The van der Waals surface area contributed by atoms with Crippen molar-refractivity contribution in [3.05, 3.63) is 65.1 Å². The summed E-state index contributed by atoms with van der Waals surface area (Å²) < 4.78 is 20.0. The molecule has 27 heavy (non-hydrogen) atoms. The quantitative estimate of drug-likeness (QED) is 0.512. The number of amides is 1. The second kappa shape index (κ2) is 10.3. The summed E-state index contributed by atoms with van der Waals surface area (Å²) in [6.07, 6.45) is 7.17. The summed E-state index contributed by atoms with van der Waals surface area (Å²) in [6, 6.07) is 8.18. The molecule has 0 bridgehead atoms. The van der Waals surface area contributed by atoms with Crippen LogP contribution in [0.2, 0.25) is 0 Å². The lowest BCUT2D eigenvalue weighted by atomic mass is 10.1. The molecule has 1 heterocycles. The second-order valence-electron chi connectivity index (χ2n) is 6.22. The SMILES string of the molecule is CCCC/C=C/COc1cccc(CNC(=O)c2ccc(C)nc2N)c1F. The fraction of sp³-hybridized carbons (Fsp3) is 0.333. The van der Waals surface area contributed by atoms with E-state index in [1.807, 2.05) is 12.2 Å². The van der Waals surface area contributed by atoms with Gasteiger partial charge >= 0.3 is 0 Å². The molecule has 0 aliphatic rings. The van der Waals surface area contributed by atoms with Gasteiger partial charge in [0.25, 0.3) is 5.91 Å². The molecule has 1 aromatic carbocycles. The largest absolute Gasteiger partial charge is 0.486 e. The number of hydrogen-bond acceptors (Lipinski definition) is 4. The van der Waals surface area contributed by atoms with E-state index in [4.69, 9.17) is 10.5 Å². The number of carbonyl (C=O) groups excluding carboxylic acids is 1. The van der Waals surface area contributed by atoms with Gasteiger partial charge in [0.1, 0.15) is 12.4 Å². The predicted molar refractivity (Wildman–Crippen MR) is 105 cm³/mol. The third-order valence-corrected chi connectivity index (χ3v) is 4.02. The fourth-order valence-corrected chi connectivity index (χ4v) is 2.49. The van der Waals surface area contributed by atoms with Gasteiger partial charge in [0.15, 0.2) is 11.6 Å². The highest BCUT2D eigenvalue weighted by atomic mass is 19.1. The molecule has 0 aliphatic carbocycles. The molecule has 144 valence electrons. The predicted octanol–water partition coefficient (Wildman–Crippen LogP) is 4.17. The molecular formula is C21H26FN3O2. The molecule has 2 rings (SSSR count). The van der Waals surface area contributed by atoms with E-state index in [1.54, 1.807) is 37.3 Å². The Labute approximate surface area is 159 Å². The molecule has 5 nitrogen and oxygen atoms in total. The van der Waals surface area contributed by atoms with Crippen LogP contribution in [0.5, 0.6) is 5.75 Å². The maximum atomic E-state index is 14.6. The minimum atomic E-state index is -0.477. The van der Waals surface area contributed by atoms with Gasteiger partial charge in [-0.15, -0.1) is 0 Å². The van der Waals surface area contributed by atoms with Gasteiger partial charge in [-0.2, -0.15) is 0 Å². The van der Waals surface area contributed by atoms with Crippen molar-refractivity contribution in [3.63, 3.8) is 0 Å². The van der Waals surface area contributed by atoms with Crippen LogP contribution in [-0.2, 0) is 6.54 Å². The number of aryl methyl sites for hydroxylation is 1. The third-order valence-electron chi connectivity index (χ3n) is 4.02. The van der Waals surface area contributed by atoms with Gasteiger partial charge in [-0.3, -0.25) is 4.79 Å². The molecule has 3 N–H and O–H groups in total. The molecular weight excluding hydrogens is 345 g/mol. The molecule has 0 saturated carbocycles. The van der Waals surface area contributed by atoms with Crippen LogP contribution in [0.3, 0.4) is 0 Å². The molecule has 0 fully saturated rings. The summed E-state index contributed by atoms with van der Waals surface area (Å²) in [5.41, 5.74) is 7.11. The summed E-state index contributed by atoms with van der Waals surface area (Å²) in [5, 5.41) is 2.67. The number of anilines is 1. The van der Waals surface area contributed by atoms with E-state index in [0.717, 1.165) is 25.0 Å². The van der Waals surface area contributed by atoms with E-state index in [2.05, 4.69) is 17.2 Å². The van der Waals surface area contributed by atoms with Gasteiger partial charge in [-0.05, 0) is 31.5 Å². The smallest absolute Gasteiger partial charge is 0.255 e. The molecule has 6 heteroatoms. The van der Waals surface area contributed by atoms with Crippen LogP contribution in [0.4, 0.5) is 10.2 Å². The van der Waals surface area contributed by atoms with Gasteiger partial charge < -0.3 is 15.8 Å². The fourth-order valence-electron chi connectivity index (χ4n) is 2.49. The number of nitrogens with one attached hydrogen (secondary N) is 1. The van der Waals surface area contributed by atoms with E-state index >= 15 is 0 Å². The monoisotopic (exact) mass is 371 g/mol. The molecule has 0 unspecified atom stereocenters. The topological polar surface area (TPSA) is 77.2 Å². The van der Waals surface area contributed by atoms with Gasteiger partial charge in [0.05, 0.1) is 5.56 Å². The first-order valence-electron chi connectivity index (χ1n) is 9.09. The lowest BCUT2D eigenvalue weighted by molar-refractivity contribution is 0.0951. The van der Waals surface area contributed by atoms with E-state index < -0.39 is 11.7 Å². The number of rotatable bonds is 9. The molecule has 0 atom stereocenters. The van der Waals surface area contributed by atoms with Crippen LogP contribution in [-0.4, -0.2) is 17.5 Å². The zero-order valence-corrected chi connectivity index (χ0v) is 15.8. The van der Waals surface area contributed by atoms with E-state index in [-0.39, 0.29) is 23.7 Å². The molecule has 1 aromatic heterocycles. The third kappa shape index (κ3) is 6.09. The minimum absolute atomic E-state index is 0.0293. The van der Waals surface area contributed by atoms with Crippen molar-refractivity contribution in [1.29, 1.82) is 0 Å². The van der Waals surface area contributed by atoms with E-state index in [1.165, 1.54) is 0 Å². The van der Waals surface area contributed by atoms with Crippen LogP contribution < -0.4 is 15.8 Å². The van der Waals surface area contributed by atoms with Crippen LogP contribution >= 0.6 is 0 Å². The van der Waals surface area contributed by atoms with E-state index in [0.29, 0.717) is 12.2 Å². The first kappa shape index (κ1) is 20.4. The Bertz CT molecular complexity index is 806. The highest BCUT2D eigenvalue weighted by Crippen LogP contribution is 2.21. The summed E-state index contributed by atoms with van der Waals surface area (Å²) >= 11 is 0. The Balaban J connectivity index is 1.94. The summed E-state index contributed by atoms with van der Waals surface area (Å²) in [5.74, 6) is -0.558. The lowest BCUT2D eigenvalue weighted by Crippen LogP contribution is -2.24. The first-order valence-corrected chi connectivity index (χ1v) is 9.09. The van der Waals surface area contributed by atoms with Crippen molar-refractivity contribution in [2.75, 3.05) is 12.3 Å². The van der Waals surface area contributed by atoms with Crippen molar-refractivity contribution >= 4 is 11.7 Å². The van der Waals surface area contributed by atoms with Crippen molar-refractivity contribution in [1.82, 2.24) is 10.3 Å². The minimum Gasteiger partial charge on any atom is -0.486 e. The van der Waals surface area contributed by atoms with Crippen molar-refractivity contribution in [2.24, 2.45) is 0 Å². The van der Waals surface area contributed by atoms with Crippen molar-refractivity contribution in [2.45, 2.75) is 39.7 Å². The number of hydrogen-bond donors (Lipinski definition) is 2. The number of pyridine rings is 1. The molecule has 0 spiro atoms. The maximum absolute atomic E-state index is 14.6. The summed E-state index contributed by atoms with van der Waals surface area (Å²) in [7, 11) is 0. The highest BCUT2D eigenvalue weighted by molar-refractivity contribution is 5.98. The van der Waals surface area contributed by atoms with Crippen LogP contribution in [0.15, 0.2) is 42.5 Å². The summed E-state index contributed by atoms with van der Waals surface area (Å²) in [4.78, 5) is 16.3. The first-order chi connectivity index (χ1) is 13.0. The number of unbranched alkanes of at least 4 members (excludes halogenated alkanes) is 2. The number of halogens is 1. The standard InChI is InChI=1S/C21H26FN3O2/c1-3-4-5-6-7-13-27-18-10-8-9-16(19(18)22)14-24-21(26)17-12-11-15(2)25-20(17)23/h6-12H,3-5,13-14H2,1-2H3,(H2,23,25)(H,24,26)/b7-6+. The number of nitrogen functional groups attached to an aromatic ring is 1. The average Bonchev–Trinajstić information content (AvgIpc) is 2.64. The number of allylic oxidation sites excluding steroid dienone is 1. The van der Waals surface area contributed by atoms with Gasteiger partial charge in [-0.1, -0.05) is 44.1 Å². The second-order valence-corrected chi connectivity index (χ2v) is 6.22. The van der Waals surface area contributed by atoms with Gasteiger partial charge in [-0.25, -0.2) is 9.37 Å². The molecule has 0 saturated heterocycles. The Morgan fingerprint density at radius 2 is 2.11 bits per heavy atom. The number of carbonyl (C=O) groups is 1. The van der Waals surface area contributed by atoms with Crippen LogP contribution in [0, 0.1) is 12.7 Å². The number of ether oxygens (including phenoxy) is 1. The van der Waals surface area contributed by atoms with Crippen LogP contribution in [0.1, 0.15) is 47.8 Å². The van der Waals surface area contributed by atoms with Gasteiger partial charge in [0, 0.05) is 17.8 Å². The Hall–Kier alpha value is -2.89. The molecule has 1 amide bonds. The highest BCUT2D eigenvalue weighted by Gasteiger charge is 2.13.